The van der Waals surface area contributed by atoms with Gasteiger partial charge in [-0.25, -0.2) is 4.79 Å². The molecule has 2 aromatic carbocycles. The van der Waals surface area contributed by atoms with Crippen LogP contribution in [0.15, 0.2) is 60.7 Å². The summed E-state index contributed by atoms with van der Waals surface area (Å²) in [6.45, 7) is 1.88. The normalized spacial score (nSPS) is 24.2. The van der Waals surface area contributed by atoms with Crippen LogP contribution in [0, 0.1) is 0 Å². The molecule has 3 rings (SSSR count). The van der Waals surface area contributed by atoms with E-state index in [1.165, 1.54) is 0 Å². The lowest BCUT2D eigenvalue weighted by Gasteiger charge is -2.30. The Morgan fingerprint density at radius 1 is 1.05 bits per heavy atom. The summed E-state index contributed by atoms with van der Waals surface area (Å²) in [7, 11) is 0. The molecule has 112 valence electrons. The number of benzene rings is 2. The number of carbonyl (C=O) groups excluding carboxylic acids is 2. The Morgan fingerprint density at radius 2 is 1.64 bits per heavy atom. The summed E-state index contributed by atoms with van der Waals surface area (Å²) < 4.78 is 5.68. The van der Waals surface area contributed by atoms with Crippen molar-refractivity contribution in [3.8, 4) is 0 Å². The van der Waals surface area contributed by atoms with E-state index in [1.807, 2.05) is 43.3 Å². The van der Waals surface area contributed by atoms with Gasteiger partial charge in [0.05, 0.1) is 11.0 Å². The summed E-state index contributed by atoms with van der Waals surface area (Å²) in [6, 6.07) is 18.5. The van der Waals surface area contributed by atoms with Gasteiger partial charge in [-0.05, 0) is 31.0 Å². The fraction of sp³-hybridized carbons (Fsp3) is 0.263. The zero-order chi connectivity index (χ0) is 15.6. The van der Waals surface area contributed by atoms with Crippen LogP contribution in [0.4, 0.5) is 0 Å². The second-order valence-electron chi connectivity index (χ2n) is 5.79. The van der Waals surface area contributed by atoms with Crippen LogP contribution in [0.3, 0.4) is 0 Å². The molecule has 0 radical (unpaired) electrons. The summed E-state index contributed by atoms with van der Waals surface area (Å²) >= 11 is 0. The quantitative estimate of drug-likeness (QED) is 0.813. The molecule has 0 heterocycles. The molecule has 22 heavy (non-hydrogen) atoms. The molecular weight excluding hydrogens is 276 g/mol. The number of ketones is 1. The zero-order valence-electron chi connectivity index (χ0n) is 12.5. The van der Waals surface area contributed by atoms with Gasteiger partial charge in [0.25, 0.3) is 0 Å². The Balaban J connectivity index is 1.87. The van der Waals surface area contributed by atoms with Crippen molar-refractivity contribution < 1.29 is 14.3 Å². The number of carbonyl (C=O) groups is 2. The third kappa shape index (κ3) is 2.43. The molecule has 2 aromatic rings. The fourth-order valence-electron chi connectivity index (χ4n) is 3.07. The Labute approximate surface area is 129 Å². The highest BCUT2D eigenvalue weighted by atomic mass is 16.5. The Hall–Kier alpha value is -2.42. The Morgan fingerprint density at radius 3 is 2.27 bits per heavy atom. The molecule has 0 unspecified atom stereocenters. The molecule has 0 aliphatic heterocycles. The van der Waals surface area contributed by atoms with E-state index >= 15 is 0 Å². The minimum absolute atomic E-state index is 0.129. The van der Waals surface area contributed by atoms with Gasteiger partial charge in [0.15, 0.2) is 0 Å². The van der Waals surface area contributed by atoms with Gasteiger partial charge >= 0.3 is 5.97 Å². The minimum atomic E-state index is -0.758. The van der Waals surface area contributed by atoms with Crippen molar-refractivity contribution >= 4 is 11.8 Å². The first-order valence-electron chi connectivity index (χ1n) is 7.47. The lowest BCUT2D eigenvalue weighted by Crippen LogP contribution is -2.40. The average Bonchev–Trinajstić information content (AvgIpc) is 2.86. The van der Waals surface area contributed by atoms with Gasteiger partial charge in [0, 0.05) is 6.42 Å². The van der Waals surface area contributed by atoms with Crippen molar-refractivity contribution in [2.24, 2.45) is 0 Å². The van der Waals surface area contributed by atoms with Gasteiger partial charge < -0.3 is 4.74 Å². The topological polar surface area (TPSA) is 43.4 Å². The molecule has 0 N–H and O–H groups in total. The maximum Gasteiger partial charge on any atom is 0.338 e. The van der Waals surface area contributed by atoms with Crippen molar-refractivity contribution in [1.82, 2.24) is 0 Å². The molecule has 2 atom stereocenters. The van der Waals surface area contributed by atoms with Crippen LogP contribution in [0.25, 0.3) is 0 Å². The molecule has 3 nitrogen and oxygen atoms in total. The lowest BCUT2D eigenvalue weighted by atomic mass is 9.78. The maximum absolute atomic E-state index is 12.4. The van der Waals surface area contributed by atoms with Gasteiger partial charge in [-0.15, -0.1) is 0 Å². The summed E-state index contributed by atoms with van der Waals surface area (Å²) in [5.74, 6) is -0.244. The highest BCUT2D eigenvalue weighted by Gasteiger charge is 2.49. The second kappa shape index (κ2) is 5.76. The largest absolute Gasteiger partial charge is 0.457 e. The van der Waals surface area contributed by atoms with E-state index in [0.29, 0.717) is 18.4 Å². The molecule has 1 fully saturated rings. The molecule has 1 saturated carbocycles. The van der Waals surface area contributed by atoms with Crippen molar-refractivity contribution in [3.63, 3.8) is 0 Å². The van der Waals surface area contributed by atoms with E-state index in [4.69, 9.17) is 4.74 Å². The van der Waals surface area contributed by atoms with E-state index in [-0.39, 0.29) is 11.8 Å². The molecule has 0 saturated heterocycles. The molecule has 0 spiro atoms. The van der Waals surface area contributed by atoms with Crippen LogP contribution < -0.4 is 0 Å². The summed E-state index contributed by atoms with van der Waals surface area (Å²) in [4.78, 5) is 24.7. The minimum Gasteiger partial charge on any atom is -0.457 e. The van der Waals surface area contributed by atoms with E-state index in [1.54, 1.807) is 24.3 Å². The Bertz CT molecular complexity index is 678. The van der Waals surface area contributed by atoms with E-state index in [2.05, 4.69) is 0 Å². The second-order valence-corrected chi connectivity index (χ2v) is 5.79. The molecule has 0 bridgehead atoms. The number of Topliss-reactive ketones (excluding diaryl/α,β-unsaturated/α-hetero) is 1. The van der Waals surface area contributed by atoms with Crippen LogP contribution >= 0.6 is 0 Å². The number of rotatable bonds is 3. The fourth-order valence-corrected chi connectivity index (χ4v) is 3.07. The molecule has 3 heteroatoms. The molecule has 1 aliphatic rings. The highest BCUT2D eigenvalue weighted by Crippen LogP contribution is 2.40. The average molecular weight is 294 g/mol. The third-order valence-electron chi connectivity index (χ3n) is 4.49. The van der Waals surface area contributed by atoms with E-state index in [0.717, 1.165) is 5.56 Å². The van der Waals surface area contributed by atoms with Gasteiger partial charge in [0.1, 0.15) is 11.9 Å². The van der Waals surface area contributed by atoms with Crippen LogP contribution in [-0.4, -0.2) is 17.9 Å². The molecule has 0 amide bonds. The van der Waals surface area contributed by atoms with E-state index in [9.17, 15) is 9.59 Å². The molecular formula is C19H18O3. The van der Waals surface area contributed by atoms with E-state index < -0.39 is 11.5 Å². The number of hydrogen-bond acceptors (Lipinski definition) is 3. The first-order valence-corrected chi connectivity index (χ1v) is 7.47. The lowest BCUT2D eigenvalue weighted by molar-refractivity contribution is -0.123. The summed E-state index contributed by atoms with van der Waals surface area (Å²) in [5.41, 5.74) is 0.659. The summed E-state index contributed by atoms with van der Waals surface area (Å²) in [5, 5.41) is 0. The third-order valence-corrected chi connectivity index (χ3v) is 4.49. The van der Waals surface area contributed by atoms with Gasteiger partial charge in [0.2, 0.25) is 0 Å². The van der Waals surface area contributed by atoms with Crippen LogP contribution in [0.2, 0.25) is 0 Å². The van der Waals surface area contributed by atoms with Crippen molar-refractivity contribution in [3.05, 3.63) is 71.8 Å². The Kier molecular flexibility index (Phi) is 3.80. The highest BCUT2D eigenvalue weighted by molar-refractivity contribution is 5.94. The first-order chi connectivity index (χ1) is 10.6. The van der Waals surface area contributed by atoms with Gasteiger partial charge in [-0.2, -0.15) is 0 Å². The smallest absolute Gasteiger partial charge is 0.338 e. The van der Waals surface area contributed by atoms with Crippen LogP contribution in [0.5, 0.6) is 0 Å². The molecule has 1 aliphatic carbocycles. The number of ether oxygens (including phenoxy) is 1. The van der Waals surface area contributed by atoms with Gasteiger partial charge in [-0.1, -0.05) is 48.5 Å². The number of hydrogen-bond donors (Lipinski definition) is 0. The first kappa shape index (κ1) is 14.5. The number of esters is 1. The predicted octanol–water partition coefficient (Wildman–Crippen LogP) is 3.53. The van der Waals surface area contributed by atoms with Gasteiger partial charge in [-0.3, -0.25) is 4.79 Å². The predicted molar refractivity (Wildman–Crippen MR) is 83.7 cm³/mol. The standard InChI is InChI=1S/C19H18O3/c1-19(15-10-6-3-7-11-15)16(20)12-13-17(19)22-18(21)14-8-4-2-5-9-14/h2-11,17H,12-13H2,1H3/t17-,19-/m1/s1. The van der Waals surface area contributed by atoms with Crippen molar-refractivity contribution in [1.29, 1.82) is 0 Å². The molecule has 0 aromatic heterocycles. The van der Waals surface area contributed by atoms with Crippen LogP contribution in [-0.2, 0) is 14.9 Å². The van der Waals surface area contributed by atoms with Crippen LogP contribution in [0.1, 0.15) is 35.7 Å². The maximum atomic E-state index is 12.4. The van der Waals surface area contributed by atoms with Crippen molar-refractivity contribution in [2.75, 3.05) is 0 Å². The monoisotopic (exact) mass is 294 g/mol. The summed E-state index contributed by atoms with van der Waals surface area (Å²) in [6.07, 6.45) is 0.594. The SMILES string of the molecule is C[C@@]1(c2ccccc2)C(=O)CC[C@H]1OC(=O)c1ccccc1. The van der Waals surface area contributed by atoms with Crippen molar-refractivity contribution in [2.45, 2.75) is 31.3 Å². The zero-order valence-corrected chi connectivity index (χ0v) is 12.5.